The van der Waals surface area contributed by atoms with E-state index in [2.05, 4.69) is 5.32 Å². The molecule has 1 N–H and O–H groups in total. The molecule has 1 unspecified atom stereocenters. The Labute approximate surface area is 128 Å². The Hall–Kier alpha value is -1.09. The molecule has 0 aromatic heterocycles. The van der Waals surface area contributed by atoms with Crippen LogP contribution < -0.4 is 5.32 Å². The molecule has 0 amide bonds. The molecule has 20 heavy (non-hydrogen) atoms. The summed E-state index contributed by atoms with van der Waals surface area (Å²) < 4.78 is 14.2. The first-order chi connectivity index (χ1) is 9.45. The summed E-state index contributed by atoms with van der Waals surface area (Å²) >= 11 is 12.2. The summed E-state index contributed by atoms with van der Waals surface area (Å²) in [5, 5.41) is 3.84. The molecule has 0 aliphatic rings. The molecule has 0 fully saturated rings. The van der Waals surface area contributed by atoms with Gasteiger partial charge < -0.3 is 5.32 Å². The number of halogens is 3. The van der Waals surface area contributed by atoms with Crippen molar-refractivity contribution >= 4 is 23.2 Å². The highest BCUT2D eigenvalue weighted by Crippen LogP contribution is 2.33. The van der Waals surface area contributed by atoms with Gasteiger partial charge in [-0.3, -0.25) is 0 Å². The number of hydrogen-bond acceptors (Lipinski definition) is 1. The molecule has 0 aliphatic heterocycles. The van der Waals surface area contributed by atoms with Gasteiger partial charge in [0.25, 0.3) is 0 Å². The monoisotopic (exact) mass is 311 g/mol. The molecule has 0 aliphatic carbocycles. The fraction of sp³-hybridized carbons (Fsp3) is 0.250. The lowest BCUT2D eigenvalue weighted by Gasteiger charge is -2.21. The van der Waals surface area contributed by atoms with Gasteiger partial charge in [-0.15, -0.1) is 0 Å². The topological polar surface area (TPSA) is 12.0 Å². The van der Waals surface area contributed by atoms with Gasteiger partial charge in [0.15, 0.2) is 0 Å². The highest BCUT2D eigenvalue weighted by Gasteiger charge is 2.20. The van der Waals surface area contributed by atoms with Gasteiger partial charge in [0.05, 0.1) is 11.1 Å². The van der Waals surface area contributed by atoms with Gasteiger partial charge in [0.1, 0.15) is 5.82 Å². The number of benzene rings is 2. The minimum absolute atomic E-state index is 0.114. The lowest BCUT2D eigenvalue weighted by Crippen LogP contribution is -2.19. The number of rotatable bonds is 3. The fourth-order valence-corrected chi connectivity index (χ4v) is 2.76. The van der Waals surface area contributed by atoms with Crippen molar-refractivity contribution in [1.29, 1.82) is 0 Å². The SMILES string of the molecule is CNC(c1cc(C)c(C)cc1Cl)c1cccc(Cl)c1F. The van der Waals surface area contributed by atoms with Crippen molar-refractivity contribution in [2.24, 2.45) is 0 Å². The predicted molar refractivity (Wildman–Crippen MR) is 83.2 cm³/mol. The zero-order valence-electron chi connectivity index (χ0n) is 11.6. The van der Waals surface area contributed by atoms with Crippen LogP contribution in [0.1, 0.15) is 28.3 Å². The smallest absolute Gasteiger partial charge is 0.146 e. The van der Waals surface area contributed by atoms with Gasteiger partial charge in [-0.1, -0.05) is 41.4 Å². The molecule has 0 heterocycles. The van der Waals surface area contributed by atoms with E-state index in [9.17, 15) is 4.39 Å². The third-order valence-corrected chi connectivity index (χ3v) is 4.12. The van der Waals surface area contributed by atoms with Crippen molar-refractivity contribution < 1.29 is 4.39 Å². The van der Waals surface area contributed by atoms with Crippen molar-refractivity contribution in [2.75, 3.05) is 7.05 Å². The summed E-state index contributed by atoms with van der Waals surface area (Å²) in [4.78, 5) is 0. The molecule has 2 aromatic carbocycles. The van der Waals surface area contributed by atoms with Crippen molar-refractivity contribution in [2.45, 2.75) is 19.9 Å². The second-order valence-corrected chi connectivity index (χ2v) is 5.64. The lowest BCUT2D eigenvalue weighted by atomic mass is 9.95. The van der Waals surface area contributed by atoms with Crippen LogP contribution in [0.5, 0.6) is 0 Å². The van der Waals surface area contributed by atoms with Crippen LogP contribution in [0.2, 0.25) is 10.0 Å². The fourth-order valence-electron chi connectivity index (χ4n) is 2.25. The maximum Gasteiger partial charge on any atom is 0.146 e. The summed E-state index contributed by atoms with van der Waals surface area (Å²) in [6.45, 7) is 4.01. The van der Waals surface area contributed by atoms with Gasteiger partial charge in [0.2, 0.25) is 0 Å². The van der Waals surface area contributed by atoms with E-state index in [1.165, 1.54) is 6.07 Å². The first-order valence-electron chi connectivity index (χ1n) is 6.33. The summed E-state index contributed by atoms with van der Waals surface area (Å²) in [5.74, 6) is -0.414. The quantitative estimate of drug-likeness (QED) is 0.835. The van der Waals surface area contributed by atoms with E-state index in [1.54, 1.807) is 19.2 Å². The molecule has 0 saturated heterocycles. The third-order valence-electron chi connectivity index (χ3n) is 3.51. The van der Waals surface area contributed by atoms with Crippen molar-refractivity contribution in [3.05, 3.63) is 68.4 Å². The van der Waals surface area contributed by atoms with Crippen molar-refractivity contribution in [3.8, 4) is 0 Å². The highest BCUT2D eigenvalue weighted by molar-refractivity contribution is 6.31. The van der Waals surface area contributed by atoms with E-state index in [0.29, 0.717) is 10.6 Å². The Balaban J connectivity index is 2.58. The minimum atomic E-state index is -0.414. The Morgan fingerprint density at radius 2 is 1.65 bits per heavy atom. The lowest BCUT2D eigenvalue weighted by molar-refractivity contribution is 0.576. The van der Waals surface area contributed by atoms with Crippen LogP contribution in [0.15, 0.2) is 30.3 Å². The zero-order valence-corrected chi connectivity index (χ0v) is 13.1. The van der Waals surface area contributed by atoms with Gasteiger partial charge in [0, 0.05) is 10.6 Å². The van der Waals surface area contributed by atoms with E-state index in [0.717, 1.165) is 16.7 Å². The molecule has 2 aromatic rings. The van der Waals surface area contributed by atoms with Crippen molar-refractivity contribution in [1.82, 2.24) is 5.32 Å². The normalized spacial score (nSPS) is 12.5. The highest BCUT2D eigenvalue weighted by atomic mass is 35.5. The van der Waals surface area contributed by atoms with Crippen LogP contribution in [0.4, 0.5) is 4.39 Å². The molecule has 106 valence electrons. The number of hydrogen-bond donors (Lipinski definition) is 1. The van der Waals surface area contributed by atoms with E-state index < -0.39 is 5.82 Å². The van der Waals surface area contributed by atoms with E-state index in [4.69, 9.17) is 23.2 Å². The first-order valence-corrected chi connectivity index (χ1v) is 7.09. The summed E-state index contributed by atoms with van der Waals surface area (Å²) in [6.07, 6.45) is 0. The van der Waals surface area contributed by atoms with E-state index >= 15 is 0 Å². The molecule has 1 nitrogen and oxygen atoms in total. The second-order valence-electron chi connectivity index (χ2n) is 4.82. The Kier molecular flexibility index (Phi) is 4.69. The van der Waals surface area contributed by atoms with Crippen LogP contribution in [-0.2, 0) is 0 Å². The molecule has 0 spiro atoms. The molecule has 4 heteroatoms. The number of aryl methyl sites for hydroxylation is 2. The largest absolute Gasteiger partial charge is 0.309 e. The summed E-state index contributed by atoms with van der Waals surface area (Å²) in [7, 11) is 1.77. The molecule has 0 radical (unpaired) electrons. The molecule has 0 saturated carbocycles. The molecular formula is C16H16Cl2FN. The summed E-state index contributed by atoms with van der Waals surface area (Å²) in [6, 6.07) is 8.54. The standard InChI is InChI=1S/C16H16Cl2FN/c1-9-7-12(14(18)8-10(9)2)16(20-3)11-5-4-6-13(17)15(11)19/h4-8,16,20H,1-3H3. The Morgan fingerprint density at radius 3 is 2.30 bits per heavy atom. The van der Waals surface area contributed by atoms with Gasteiger partial charge in [-0.2, -0.15) is 0 Å². The van der Waals surface area contributed by atoms with Crippen LogP contribution >= 0.6 is 23.2 Å². The van der Waals surface area contributed by atoms with Gasteiger partial charge >= 0.3 is 0 Å². The van der Waals surface area contributed by atoms with Crippen LogP contribution in [0.3, 0.4) is 0 Å². The van der Waals surface area contributed by atoms with Gasteiger partial charge in [-0.25, -0.2) is 4.39 Å². The average molecular weight is 312 g/mol. The van der Waals surface area contributed by atoms with Crippen LogP contribution in [-0.4, -0.2) is 7.05 Å². The Morgan fingerprint density at radius 1 is 1.00 bits per heavy atom. The molecule has 0 bridgehead atoms. The molecule has 1 atom stereocenters. The average Bonchev–Trinajstić information content (AvgIpc) is 2.41. The maximum atomic E-state index is 14.2. The first kappa shape index (κ1) is 15.3. The Bertz CT molecular complexity index is 641. The van der Waals surface area contributed by atoms with Gasteiger partial charge in [-0.05, 0) is 49.7 Å². The minimum Gasteiger partial charge on any atom is -0.309 e. The van der Waals surface area contributed by atoms with E-state index in [1.807, 2.05) is 26.0 Å². The van der Waals surface area contributed by atoms with Crippen LogP contribution in [0, 0.1) is 19.7 Å². The predicted octanol–water partition coefficient (Wildman–Crippen LogP) is 5.06. The third kappa shape index (κ3) is 2.83. The van der Waals surface area contributed by atoms with Crippen molar-refractivity contribution in [3.63, 3.8) is 0 Å². The second kappa shape index (κ2) is 6.13. The van der Waals surface area contributed by atoms with Crippen LogP contribution in [0.25, 0.3) is 0 Å². The van der Waals surface area contributed by atoms with E-state index in [-0.39, 0.29) is 11.1 Å². The summed E-state index contributed by atoms with van der Waals surface area (Å²) in [5.41, 5.74) is 3.57. The zero-order chi connectivity index (χ0) is 14.9. The maximum absolute atomic E-state index is 14.2. The number of nitrogens with one attached hydrogen (secondary N) is 1. The molecular weight excluding hydrogens is 296 g/mol. The molecule has 2 rings (SSSR count).